The molecule has 0 radical (unpaired) electrons. The van der Waals surface area contributed by atoms with Crippen LogP contribution < -0.4 is 16.6 Å². The van der Waals surface area contributed by atoms with Crippen molar-refractivity contribution in [1.29, 1.82) is 0 Å². The fourth-order valence-corrected chi connectivity index (χ4v) is 4.02. The number of halogens is 1. The lowest BCUT2D eigenvalue weighted by molar-refractivity contribution is -0.116. The van der Waals surface area contributed by atoms with Crippen LogP contribution in [0.4, 0.5) is 10.1 Å². The Hall–Kier alpha value is -3.52. The molecule has 0 aliphatic rings. The second-order valence-electron chi connectivity index (χ2n) is 6.94. The molecule has 0 unspecified atom stereocenters. The van der Waals surface area contributed by atoms with Gasteiger partial charge >= 0.3 is 5.69 Å². The lowest BCUT2D eigenvalue weighted by Gasteiger charge is -2.13. The number of hydrogen-bond donors (Lipinski definition) is 1. The summed E-state index contributed by atoms with van der Waals surface area (Å²) in [6.07, 6.45) is 0. The third-order valence-electron chi connectivity index (χ3n) is 4.73. The zero-order valence-corrected chi connectivity index (χ0v) is 16.9. The van der Waals surface area contributed by atoms with E-state index in [0.29, 0.717) is 15.9 Å². The van der Waals surface area contributed by atoms with Gasteiger partial charge in [0.25, 0.3) is 5.56 Å². The summed E-state index contributed by atoms with van der Waals surface area (Å²) < 4.78 is 15.9. The molecule has 4 aromatic rings. The lowest BCUT2D eigenvalue weighted by atomic mass is 10.1. The molecule has 1 amide bonds. The van der Waals surface area contributed by atoms with Crippen molar-refractivity contribution in [2.75, 3.05) is 5.32 Å². The Balaban J connectivity index is 1.70. The Labute approximate surface area is 174 Å². The minimum absolute atomic E-state index is 0.284. The van der Waals surface area contributed by atoms with Crippen molar-refractivity contribution in [2.45, 2.75) is 20.0 Å². The van der Waals surface area contributed by atoms with Crippen LogP contribution in [-0.4, -0.2) is 15.0 Å². The highest BCUT2D eigenvalue weighted by Crippen LogP contribution is 2.17. The molecule has 1 N–H and O–H groups in total. The number of amides is 1. The largest absolute Gasteiger partial charge is 0.332 e. The molecule has 0 spiro atoms. The predicted molar refractivity (Wildman–Crippen MR) is 116 cm³/mol. The first-order chi connectivity index (χ1) is 14.4. The van der Waals surface area contributed by atoms with Gasteiger partial charge in [-0.25, -0.2) is 13.8 Å². The first kappa shape index (κ1) is 19.8. The van der Waals surface area contributed by atoms with Crippen molar-refractivity contribution < 1.29 is 9.18 Å². The molecule has 0 saturated heterocycles. The van der Waals surface area contributed by atoms with Crippen molar-refractivity contribution in [3.63, 3.8) is 0 Å². The highest BCUT2D eigenvalue weighted by Gasteiger charge is 2.17. The molecule has 8 heteroatoms. The molecule has 0 bridgehead atoms. The second-order valence-corrected chi connectivity index (χ2v) is 7.85. The summed E-state index contributed by atoms with van der Waals surface area (Å²) in [6.45, 7) is 1.83. The van der Waals surface area contributed by atoms with Gasteiger partial charge in [0, 0.05) is 5.69 Å². The summed E-state index contributed by atoms with van der Waals surface area (Å²) in [4.78, 5) is 38.4. The van der Waals surface area contributed by atoms with Gasteiger partial charge < -0.3 is 5.32 Å². The minimum atomic E-state index is -0.555. The van der Waals surface area contributed by atoms with Crippen LogP contribution in [0.1, 0.15) is 11.1 Å². The van der Waals surface area contributed by atoms with Gasteiger partial charge in [-0.15, -0.1) is 11.3 Å². The highest BCUT2D eigenvalue weighted by atomic mass is 32.1. The van der Waals surface area contributed by atoms with Crippen LogP contribution in [0.2, 0.25) is 0 Å². The smallest absolute Gasteiger partial charge is 0.325 e. The van der Waals surface area contributed by atoms with E-state index in [9.17, 15) is 18.8 Å². The number of rotatable bonds is 5. The molecule has 0 saturated carbocycles. The number of carbonyl (C=O) groups excluding carboxylic acids is 1. The number of thiophene rings is 1. The van der Waals surface area contributed by atoms with Gasteiger partial charge in [0.05, 0.1) is 12.1 Å². The summed E-state index contributed by atoms with van der Waals surface area (Å²) in [5.41, 5.74) is 1.89. The Morgan fingerprint density at radius 2 is 1.70 bits per heavy atom. The van der Waals surface area contributed by atoms with Crippen LogP contribution in [0.5, 0.6) is 0 Å². The van der Waals surface area contributed by atoms with Gasteiger partial charge in [-0.05, 0) is 48.2 Å². The first-order valence-electron chi connectivity index (χ1n) is 9.24. The van der Waals surface area contributed by atoms with Gasteiger partial charge in [-0.3, -0.25) is 14.2 Å². The number of carbonyl (C=O) groups is 1. The van der Waals surface area contributed by atoms with E-state index in [2.05, 4.69) is 5.32 Å². The van der Waals surface area contributed by atoms with Crippen LogP contribution in [0, 0.1) is 12.7 Å². The fraction of sp³-hybridized carbons (Fsp3) is 0.136. The van der Waals surface area contributed by atoms with Gasteiger partial charge in [-0.2, -0.15) is 0 Å². The SMILES string of the molecule is Cc1ccc(Cn2c(=O)n(CC(=O)Nc3ccc(F)cc3)c(=O)c3sccc32)cc1. The van der Waals surface area contributed by atoms with Gasteiger partial charge in [0.1, 0.15) is 17.1 Å². The van der Waals surface area contributed by atoms with Crippen molar-refractivity contribution in [1.82, 2.24) is 9.13 Å². The van der Waals surface area contributed by atoms with E-state index in [-0.39, 0.29) is 6.54 Å². The van der Waals surface area contributed by atoms with Crippen molar-refractivity contribution in [2.24, 2.45) is 0 Å². The molecule has 152 valence electrons. The van der Waals surface area contributed by atoms with E-state index in [1.165, 1.54) is 40.2 Å². The monoisotopic (exact) mass is 423 g/mol. The van der Waals surface area contributed by atoms with Crippen molar-refractivity contribution >= 4 is 33.1 Å². The Morgan fingerprint density at radius 1 is 1.00 bits per heavy atom. The average Bonchev–Trinajstić information content (AvgIpc) is 3.22. The molecule has 0 fully saturated rings. The number of anilines is 1. The standard InChI is InChI=1S/C22H18FN3O3S/c1-14-2-4-15(5-3-14)12-25-18-10-11-30-20(18)21(28)26(22(25)29)13-19(27)24-17-8-6-16(23)7-9-17/h2-11H,12-13H2,1H3,(H,24,27). The fourth-order valence-electron chi connectivity index (χ4n) is 3.18. The van der Waals surface area contributed by atoms with E-state index < -0.39 is 29.5 Å². The van der Waals surface area contributed by atoms with Crippen LogP contribution >= 0.6 is 11.3 Å². The second kappa shape index (κ2) is 8.08. The third kappa shape index (κ3) is 3.95. The quantitative estimate of drug-likeness (QED) is 0.535. The van der Waals surface area contributed by atoms with Crippen LogP contribution in [0.25, 0.3) is 10.2 Å². The van der Waals surface area contributed by atoms with Crippen LogP contribution in [0.3, 0.4) is 0 Å². The summed E-state index contributed by atoms with van der Waals surface area (Å²) in [6, 6.07) is 14.8. The van der Waals surface area contributed by atoms with Gasteiger partial charge in [0.2, 0.25) is 5.91 Å². The zero-order valence-electron chi connectivity index (χ0n) is 16.1. The molecule has 6 nitrogen and oxygen atoms in total. The summed E-state index contributed by atoms with van der Waals surface area (Å²) >= 11 is 1.23. The molecule has 2 heterocycles. The van der Waals surface area contributed by atoms with E-state index in [1.54, 1.807) is 11.4 Å². The van der Waals surface area contributed by atoms with Crippen LogP contribution in [0.15, 0.2) is 69.6 Å². The van der Waals surface area contributed by atoms with Crippen LogP contribution in [-0.2, 0) is 17.9 Å². The predicted octanol–water partition coefficient (Wildman–Crippen LogP) is 3.36. The number of aryl methyl sites for hydroxylation is 1. The summed E-state index contributed by atoms with van der Waals surface area (Å²) in [7, 11) is 0. The molecular formula is C22H18FN3O3S. The van der Waals surface area contributed by atoms with E-state index in [4.69, 9.17) is 0 Å². The highest BCUT2D eigenvalue weighted by molar-refractivity contribution is 7.17. The van der Waals surface area contributed by atoms with Gasteiger partial charge in [-0.1, -0.05) is 29.8 Å². The maximum atomic E-state index is 13.1. The number of aromatic nitrogens is 2. The molecule has 2 aromatic carbocycles. The minimum Gasteiger partial charge on any atom is -0.325 e. The maximum absolute atomic E-state index is 13.1. The molecule has 4 rings (SSSR count). The number of fused-ring (bicyclic) bond motifs is 1. The van der Waals surface area contributed by atoms with Crippen molar-refractivity contribution in [3.8, 4) is 0 Å². The number of nitrogens with zero attached hydrogens (tertiary/aromatic N) is 2. The molecule has 0 atom stereocenters. The maximum Gasteiger partial charge on any atom is 0.332 e. The number of hydrogen-bond acceptors (Lipinski definition) is 4. The normalized spacial score (nSPS) is 11.0. The van der Waals surface area contributed by atoms with E-state index in [0.717, 1.165) is 15.7 Å². The van der Waals surface area contributed by atoms with E-state index in [1.807, 2.05) is 31.2 Å². The molecule has 2 aromatic heterocycles. The number of nitrogens with one attached hydrogen (secondary N) is 1. The molecule has 0 aliphatic heterocycles. The number of benzene rings is 2. The summed E-state index contributed by atoms with van der Waals surface area (Å²) in [5, 5.41) is 4.33. The van der Waals surface area contributed by atoms with Gasteiger partial charge in [0.15, 0.2) is 0 Å². The Morgan fingerprint density at radius 3 is 2.40 bits per heavy atom. The first-order valence-corrected chi connectivity index (χ1v) is 10.1. The molecule has 30 heavy (non-hydrogen) atoms. The third-order valence-corrected chi connectivity index (χ3v) is 5.62. The molecular weight excluding hydrogens is 405 g/mol. The Bertz CT molecular complexity index is 1340. The Kier molecular flexibility index (Phi) is 5.33. The molecule has 0 aliphatic carbocycles. The van der Waals surface area contributed by atoms with E-state index >= 15 is 0 Å². The lowest BCUT2D eigenvalue weighted by Crippen LogP contribution is -2.42. The van der Waals surface area contributed by atoms with Crippen molar-refractivity contribution in [3.05, 3.63) is 97.8 Å². The average molecular weight is 423 g/mol. The summed E-state index contributed by atoms with van der Waals surface area (Å²) in [5.74, 6) is -0.968. The topological polar surface area (TPSA) is 73.1 Å². The zero-order chi connectivity index (χ0) is 21.3.